The molecule has 28 heavy (non-hydrogen) atoms. The molecule has 1 amide bonds. The van der Waals surface area contributed by atoms with E-state index in [-0.39, 0.29) is 6.04 Å². The molecule has 1 aromatic carbocycles. The predicted octanol–water partition coefficient (Wildman–Crippen LogP) is 3.88. The number of ether oxygens (including phenoxy) is 1. The highest BCUT2D eigenvalue weighted by molar-refractivity contribution is 6.00. The molecule has 2 unspecified atom stereocenters. The Morgan fingerprint density at radius 1 is 1.32 bits per heavy atom. The van der Waals surface area contributed by atoms with Crippen LogP contribution in [0.4, 0.5) is 11.5 Å². The summed E-state index contributed by atoms with van der Waals surface area (Å²) in [6.45, 7) is 10.4. The first-order valence-corrected chi connectivity index (χ1v) is 9.71. The lowest BCUT2D eigenvalue weighted by atomic mass is 9.89. The van der Waals surface area contributed by atoms with Gasteiger partial charge in [0.15, 0.2) is 6.10 Å². The van der Waals surface area contributed by atoms with Crippen LogP contribution in [0.15, 0.2) is 24.4 Å². The van der Waals surface area contributed by atoms with Crippen molar-refractivity contribution in [2.24, 2.45) is 0 Å². The van der Waals surface area contributed by atoms with E-state index in [0.717, 1.165) is 29.8 Å². The molecule has 1 aliphatic rings. The highest BCUT2D eigenvalue weighted by Gasteiger charge is 2.26. The van der Waals surface area contributed by atoms with Gasteiger partial charge < -0.3 is 15.4 Å². The summed E-state index contributed by atoms with van der Waals surface area (Å²) < 4.78 is 7.19. The average Bonchev–Trinajstić information content (AvgIpc) is 3.10. The number of anilines is 2. The zero-order chi connectivity index (χ0) is 20.4. The quantitative estimate of drug-likeness (QED) is 0.764. The Bertz CT molecular complexity index is 888. The predicted molar refractivity (Wildman–Crippen MR) is 109 cm³/mol. The molecule has 0 bridgehead atoms. The molecule has 0 fully saturated rings. The number of hydrogen-bond acceptors (Lipinski definition) is 5. The summed E-state index contributed by atoms with van der Waals surface area (Å²) in [5.74, 6) is 0.0613. The third kappa shape index (κ3) is 4.03. The molecule has 0 saturated carbocycles. The smallest absolute Gasteiger partial charge is 0.341 e. The number of benzene rings is 1. The molecular formula is C21H28N4O3. The van der Waals surface area contributed by atoms with Gasteiger partial charge in [0, 0.05) is 18.7 Å². The van der Waals surface area contributed by atoms with Gasteiger partial charge in [0.2, 0.25) is 0 Å². The van der Waals surface area contributed by atoms with Crippen molar-refractivity contribution in [2.75, 3.05) is 17.2 Å². The number of rotatable bonds is 5. The van der Waals surface area contributed by atoms with Crippen molar-refractivity contribution in [1.82, 2.24) is 9.78 Å². The summed E-state index contributed by atoms with van der Waals surface area (Å²) >= 11 is 0. The molecule has 2 N–H and O–H groups in total. The Kier molecular flexibility index (Phi) is 5.72. The van der Waals surface area contributed by atoms with Crippen LogP contribution in [0.2, 0.25) is 0 Å². The monoisotopic (exact) mass is 384 g/mol. The van der Waals surface area contributed by atoms with Crippen LogP contribution in [-0.2, 0) is 9.53 Å². The molecule has 0 aliphatic carbocycles. The first-order chi connectivity index (χ1) is 13.3. The van der Waals surface area contributed by atoms with Gasteiger partial charge in [0.25, 0.3) is 5.91 Å². The summed E-state index contributed by atoms with van der Waals surface area (Å²) in [5, 5.41) is 10.3. The Morgan fingerprint density at radius 3 is 2.79 bits per heavy atom. The van der Waals surface area contributed by atoms with Crippen LogP contribution >= 0.6 is 0 Å². The van der Waals surface area contributed by atoms with Gasteiger partial charge in [0.1, 0.15) is 5.82 Å². The van der Waals surface area contributed by atoms with Gasteiger partial charge in [-0.1, -0.05) is 13.0 Å². The van der Waals surface area contributed by atoms with E-state index in [2.05, 4.69) is 28.7 Å². The second-order valence-electron chi connectivity index (χ2n) is 7.68. The number of esters is 1. The number of carbonyl (C=O) groups is 2. The van der Waals surface area contributed by atoms with Crippen molar-refractivity contribution in [1.29, 1.82) is 0 Å². The van der Waals surface area contributed by atoms with Crippen molar-refractivity contribution >= 4 is 23.4 Å². The van der Waals surface area contributed by atoms with Crippen LogP contribution in [0, 0.1) is 6.92 Å². The third-order valence-corrected chi connectivity index (χ3v) is 5.01. The average molecular weight is 384 g/mol. The minimum absolute atomic E-state index is 0.107. The lowest BCUT2D eigenvalue weighted by molar-refractivity contribution is -0.123. The van der Waals surface area contributed by atoms with E-state index < -0.39 is 18.0 Å². The standard InChI is InChI=1S/C21H28N4O3/c1-12(2)25-18(7-9-23-25)24-20(26)15(5)28-21(27)17-11-13(3)10-16-14(4)6-8-22-19(16)17/h7,9-12,14-15,22H,6,8H2,1-5H3,(H,24,26). The molecule has 7 nitrogen and oxygen atoms in total. The zero-order valence-electron chi connectivity index (χ0n) is 17.1. The third-order valence-electron chi connectivity index (χ3n) is 5.01. The molecule has 7 heteroatoms. The summed E-state index contributed by atoms with van der Waals surface area (Å²) in [6, 6.07) is 5.74. The zero-order valence-corrected chi connectivity index (χ0v) is 17.1. The highest BCUT2D eigenvalue weighted by atomic mass is 16.5. The Labute approximate surface area is 165 Å². The second kappa shape index (κ2) is 8.04. The van der Waals surface area contributed by atoms with Gasteiger partial charge in [-0.2, -0.15) is 5.10 Å². The van der Waals surface area contributed by atoms with Crippen molar-refractivity contribution in [3.63, 3.8) is 0 Å². The van der Waals surface area contributed by atoms with Crippen molar-refractivity contribution in [2.45, 2.75) is 59.1 Å². The molecule has 0 saturated heterocycles. The van der Waals surface area contributed by atoms with Crippen LogP contribution in [0.3, 0.4) is 0 Å². The van der Waals surface area contributed by atoms with Crippen molar-refractivity contribution in [3.8, 4) is 0 Å². The van der Waals surface area contributed by atoms with E-state index >= 15 is 0 Å². The fraction of sp³-hybridized carbons (Fsp3) is 0.476. The maximum Gasteiger partial charge on any atom is 0.341 e. The summed E-state index contributed by atoms with van der Waals surface area (Å²) in [5.41, 5.74) is 3.42. The number of aromatic nitrogens is 2. The van der Waals surface area contributed by atoms with Gasteiger partial charge in [-0.05, 0) is 57.2 Å². The molecular weight excluding hydrogens is 356 g/mol. The van der Waals surface area contributed by atoms with Crippen LogP contribution in [0.1, 0.15) is 67.6 Å². The first kappa shape index (κ1) is 19.9. The first-order valence-electron chi connectivity index (χ1n) is 9.71. The Balaban J connectivity index is 1.74. The number of nitrogens with zero attached hydrogens (tertiary/aromatic N) is 2. The fourth-order valence-electron chi connectivity index (χ4n) is 3.46. The highest BCUT2D eigenvalue weighted by Crippen LogP contribution is 2.35. The van der Waals surface area contributed by atoms with Crippen LogP contribution < -0.4 is 10.6 Å². The number of carbonyl (C=O) groups excluding carboxylic acids is 2. The van der Waals surface area contributed by atoms with Gasteiger partial charge in [-0.25, -0.2) is 9.48 Å². The molecule has 150 valence electrons. The maximum atomic E-state index is 12.8. The normalized spacial score (nSPS) is 16.9. The Hall–Kier alpha value is -2.83. The minimum Gasteiger partial charge on any atom is -0.449 e. The van der Waals surface area contributed by atoms with E-state index in [1.807, 2.05) is 26.8 Å². The number of aryl methyl sites for hydroxylation is 1. The maximum absolute atomic E-state index is 12.8. The van der Waals surface area contributed by atoms with Gasteiger partial charge in [0.05, 0.1) is 17.4 Å². The lowest BCUT2D eigenvalue weighted by Gasteiger charge is -2.26. The number of fused-ring (bicyclic) bond motifs is 1. The molecule has 1 aromatic heterocycles. The fourth-order valence-corrected chi connectivity index (χ4v) is 3.46. The summed E-state index contributed by atoms with van der Waals surface area (Å²) in [6.07, 6.45) is 1.71. The number of amides is 1. The number of hydrogen-bond donors (Lipinski definition) is 2. The van der Waals surface area contributed by atoms with Crippen molar-refractivity contribution < 1.29 is 14.3 Å². The minimum atomic E-state index is -0.930. The van der Waals surface area contributed by atoms with Gasteiger partial charge in [-0.3, -0.25) is 4.79 Å². The van der Waals surface area contributed by atoms with E-state index in [0.29, 0.717) is 17.3 Å². The van der Waals surface area contributed by atoms with E-state index in [1.54, 1.807) is 23.9 Å². The lowest BCUT2D eigenvalue weighted by Crippen LogP contribution is -2.31. The topological polar surface area (TPSA) is 85.2 Å². The largest absolute Gasteiger partial charge is 0.449 e. The van der Waals surface area contributed by atoms with E-state index in [4.69, 9.17) is 4.74 Å². The van der Waals surface area contributed by atoms with E-state index in [1.165, 1.54) is 0 Å². The second-order valence-corrected chi connectivity index (χ2v) is 7.68. The molecule has 2 heterocycles. The summed E-state index contributed by atoms with van der Waals surface area (Å²) in [4.78, 5) is 25.3. The van der Waals surface area contributed by atoms with Gasteiger partial charge in [-0.15, -0.1) is 0 Å². The molecule has 0 spiro atoms. The molecule has 3 rings (SSSR count). The molecule has 2 aromatic rings. The molecule has 0 radical (unpaired) electrons. The Morgan fingerprint density at radius 2 is 2.07 bits per heavy atom. The molecule has 2 atom stereocenters. The van der Waals surface area contributed by atoms with Gasteiger partial charge >= 0.3 is 5.97 Å². The van der Waals surface area contributed by atoms with E-state index in [9.17, 15) is 9.59 Å². The summed E-state index contributed by atoms with van der Waals surface area (Å²) in [7, 11) is 0. The molecule has 1 aliphatic heterocycles. The van der Waals surface area contributed by atoms with Crippen molar-refractivity contribution in [3.05, 3.63) is 41.1 Å². The number of nitrogens with one attached hydrogen (secondary N) is 2. The van der Waals surface area contributed by atoms with Crippen LogP contribution in [0.25, 0.3) is 0 Å². The van der Waals surface area contributed by atoms with Crippen LogP contribution in [-0.4, -0.2) is 34.3 Å². The van der Waals surface area contributed by atoms with Crippen LogP contribution in [0.5, 0.6) is 0 Å². The SMILES string of the molecule is Cc1cc(C(=O)OC(C)C(=O)Nc2ccnn2C(C)C)c2c(c1)C(C)CCN2.